The zero-order valence-electron chi connectivity index (χ0n) is 31.4. The number of hydrogen-bond acceptors (Lipinski definition) is 6. The molecule has 1 aliphatic heterocycles. The van der Waals surface area contributed by atoms with Crippen molar-refractivity contribution in [2.24, 2.45) is 17.8 Å². The maximum atomic E-state index is 14.3. The number of para-hydroxylation sites is 1. The Balaban J connectivity index is 1.51. The Morgan fingerprint density at radius 1 is 0.865 bits per heavy atom. The molecule has 4 rings (SSSR count). The molecule has 3 aromatic rings. The Hall–Kier alpha value is -4.07. The minimum absolute atomic E-state index is 0.0605. The van der Waals surface area contributed by atoms with E-state index in [1.54, 1.807) is 6.92 Å². The van der Waals surface area contributed by atoms with E-state index in [9.17, 15) is 19.2 Å². The molecule has 0 spiro atoms. The molecule has 0 fully saturated rings. The molecular weight excluding hydrogens is 673 g/mol. The summed E-state index contributed by atoms with van der Waals surface area (Å²) in [6, 6.07) is 26.4. The van der Waals surface area contributed by atoms with Gasteiger partial charge in [0, 0.05) is 56.9 Å². The van der Waals surface area contributed by atoms with Crippen LogP contribution in [0.4, 0.5) is 5.69 Å². The number of rotatable bonds is 21. The summed E-state index contributed by atoms with van der Waals surface area (Å²) in [5, 5.41) is 6.09. The molecular formula is C42H56N3O6P. The summed E-state index contributed by atoms with van der Waals surface area (Å²) < 4.78 is 12.4. The summed E-state index contributed by atoms with van der Waals surface area (Å²) in [6.45, 7) is 11.0. The summed E-state index contributed by atoms with van der Waals surface area (Å²) in [4.78, 5) is 55.1. The third-order valence-electron chi connectivity index (χ3n) is 9.12. The van der Waals surface area contributed by atoms with Crippen LogP contribution in [-0.4, -0.2) is 59.8 Å². The van der Waals surface area contributed by atoms with Crippen molar-refractivity contribution in [1.29, 1.82) is 0 Å². The van der Waals surface area contributed by atoms with Crippen molar-refractivity contribution in [3.63, 3.8) is 0 Å². The molecule has 3 unspecified atom stereocenters. The number of unbranched alkanes of at least 4 members (excludes halogenated alkanes) is 1. The molecule has 0 saturated carbocycles. The highest BCUT2D eigenvalue weighted by atomic mass is 31.1. The van der Waals surface area contributed by atoms with Crippen LogP contribution in [0, 0.1) is 17.8 Å². The van der Waals surface area contributed by atoms with Gasteiger partial charge in [-0.05, 0) is 73.5 Å². The Morgan fingerprint density at radius 2 is 1.54 bits per heavy atom. The lowest BCUT2D eigenvalue weighted by Crippen LogP contribution is -2.47. The zero-order valence-corrected chi connectivity index (χ0v) is 32.3. The number of nitrogens with zero attached hydrogens (tertiary/aromatic N) is 1. The Labute approximate surface area is 311 Å². The molecule has 0 aliphatic carbocycles. The van der Waals surface area contributed by atoms with Gasteiger partial charge >= 0.3 is 5.97 Å². The number of amides is 3. The van der Waals surface area contributed by atoms with E-state index in [-0.39, 0.29) is 41.9 Å². The second-order valence-electron chi connectivity index (χ2n) is 14.3. The van der Waals surface area contributed by atoms with Crippen LogP contribution in [0.3, 0.4) is 0 Å². The predicted molar refractivity (Wildman–Crippen MR) is 208 cm³/mol. The van der Waals surface area contributed by atoms with Crippen molar-refractivity contribution in [3.8, 4) is 0 Å². The number of carbonyl (C=O) groups excluding carboxylic acids is 4. The molecule has 3 amide bonds. The summed E-state index contributed by atoms with van der Waals surface area (Å²) in [5.41, 5.74) is 3.62. The summed E-state index contributed by atoms with van der Waals surface area (Å²) in [6.07, 6.45) is 3.92. The topological polar surface area (TPSA) is 114 Å². The minimum Gasteiger partial charge on any atom is -0.435 e. The number of carbonyl (C=O) groups is 4. The van der Waals surface area contributed by atoms with E-state index in [2.05, 4.69) is 22.8 Å². The molecule has 0 radical (unpaired) electrons. The van der Waals surface area contributed by atoms with Crippen LogP contribution in [0.5, 0.6) is 0 Å². The van der Waals surface area contributed by atoms with Gasteiger partial charge in [0.2, 0.25) is 18.1 Å². The molecule has 0 saturated heterocycles. The van der Waals surface area contributed by atoms with Gasteiger partial charge in [-0.2, -0.15) is 0 Å². The van der Waals surface area contributed by atoms with Crippen molar-refractivity contribution in [1.82, 2.24) is 10.2 Å². The van der Waals surface area contributed by atoms with Crippen LogP contribution in [0.2, 0.25) is 0 Å². The van der Waals surface area contributed by atoms with Gasteiger partial charge in [0.15, 0.2) is 0 Å². The molecule has 52 heavy (non-hydrogen) atoms. The average Bonchev–Trinajstić information content (AvgIpc) is 3.46. The van der Waals surface area contributed by atoms with Gasteiger partial charge in [-0.15, -0.1) is 0 Å². The number of ether oxygens (including phenoxy) is 1. The number of esters is 1. The molecule has 9 nitrogen and oxygen atoms in total. The normalized spacial score (nSPS) is 14.8. The molecule has 0 bridgehead atoms. The molecule has 2 N–H and O–H groups in total. The first kappa shape index (κ1) is 40.7. The lowest BCUT2D eigenvalue weighted by molar-refractivity contribution is -0.168. The van der Waals surface area contributed by atoms with Gasteiger partial charge in [0.05, 0.1) is 0 Å². The van der Waals surface area contributed by atoms with E-state index in [1.807, 2.05) is 105 Å². The Morgan fingerprint density at radius 3 is 2.19 bits per heavy atom. The minimum atomic E-state index is -1.24. The number of anilines is 1. The van der Waals surface area contributed by atoms with Gasteiger partial charge in [0.1, 0.15) is 6.04 Å². The zero-order chi connectivity index (χ0) is 37.5. The number of benzene rings is 3. The van der Waals surface area contributed by atoms with Gasteiger partial charge in [-0.25, -0.2) is 0 Å². The first-order chi connectivity index (χ1) is 25.0. The van der Waals surface area contributed by atoms with Crippen molar-refractivity contribution < 1.29 is 28.4 Å². The van der Waals surface area contributed by atoms with E-state index >= 15 is 0 Å². The molecule has 3 aromatic carbocycles. The molecule has 280 valence electrons. The fraction of sp³-hybridized carbons (Fsp3) is 0.476. The van der Waals surface area contributed by atoms with Gasteiger partial charge in [0.25, 0.3) is 5.91 Å². The van der Waals surface area contributed by atoms with Gasteiger partial charge in [-0.1, -0.05) is 101 Å². The van der Waals surface area contributed by atoms with Crippen LogP contribution >= 0.6 is 8.15 Å². The third-order valence-corrected chi connectivity index (χ3v) is 11.3. The molecule has 4 atom stereocenters. The Bertz CT molecular complexity index is 1580. The fourth-order valence-corrected chi connectivity index (χ4v) is 8.56. The largest absolute Gasteiger partial charge is 0.435 e. The predicted octanol–water partition coefficient (Wildman–Crippen LogP) is 8.19. The quantitative estimate of drug-likeness (QED) is 0.0495. The lowest BCUT2D eigenvalue weighted by atomic mass is 9.98. The van der Waals surface area contributed by atoms with Crippen LogP contribution in [-0.2, 0) is 36.6 Å². The van der Waals surface area contributed by atoms with Crippen LogP contribution in [0.1, 0.15) is 88.2 Å². The maximum Gasteiger partial charge on any atom is 0.307 e. The molecule has 0 aromatic heterocycles. The van der Waals surface area contributed by atoms with Crippen LogP contribution < -0.4 is 10.6 Å². The highest BCUT2D eigenvalue weighted by molar-refractivity contribution is 7.52. The Kier molecular flexibility index (Phi) is 16.3. The summed E-state index contributed by atoms with van der Waals surface area (Å²) in [5.74, 6) is -1.08. The van der Waals surface area contributed by atoms with E-state index < -0.39 is 26.4 Å². The molecule has 10 heteroatoms. The van der Waals surface area contributed by atoms with Gasteiger partial charge < -0.3 is 24.8 Å². The van der Waals surface area contributed by atoms with E-state index in [0.717, 1.165) is 29.5 Å². The SMILES string of the molecule is CCC(=O)OC(OP(CCCCN1Cc2ccccc2C1=O)CC(CCc1ccccc1)C(=O)N[C@@H](CC(C)C)C(=O)Nc1ccccc1)C(C)C. The van der Waals surface area contributed by atoms with Crippen LogP contribution in [0.15, 0.2) is 84.9 Å². The maximum absolute atomic E-state index is 14.3. The number of fused-ring (bicyclic) bond motifs is 1. The second kappa shape index (κ2) is 20.8. The highest BCUT2D eigenvalue weighted by Gasteiger charge is 2.32. The summed E-state index contributed by atoms with van der Waals surface area (Å²) >= 11 is 0. The number of hydrogen-bond donors (Lipinski definition) is 2. The molecule has 1 aliphatic rings. The van der Waals surface area contributed by atoms with E-state index in [0.29, 0.717) is 50.4 Å². The first-order valence-corrected chi connectivity index (χ1v) is 20.4. The van der Waals surface area contributed by atoms with E-state index in [1.165, 1.54) is 0 Å². The van der Waals surface area contributed by atoms with Crippen LogP contribution in [0.25, 0.3) is 0 Å². The van der Waals surface area contributed by atoms with Crippen molar-refractivity contribution >= 4 is 37.5 Å². The van der Waals surface area contributed by atoms with Gasteiger partial charge in [-0.3, -0.25) is 19.2 Å². The number of nitrogens with one attached hydrogen (secondary N) is 2. The molecule has 1 heterocycles. The fourth-order valence-electron chi connectivity index (χ4n) is 6.19. The smallest absolute Gasteiger partial charge is 0.307 e. The number of aryl methyl sites for hydroxylation is 1. The highest BCUT2D eigenvalue weighted by Crippen LogP contribution is 2.44. The second-order valence-corrected chi connectivity index (χ2v) is 16.3. The van der Waals surface area contributed by atoms with Crippen molar-refractivity contribution in [2.75, 3.05) is 24.2 Å². The standard InChI is InChI=1S/C42H56N3O6P/c1-6-38(46)50-42(31(4)5)51-52(26-16-15-25-45-28-33-19-13-14-22-36(33)41(45)49)29-34(24-23-32-17-9-7-10-18-32)39(47)44-37(27-30(2)3)40(48)43-35-20-11-8-12-21-35/h7-14,17-22,30-31,34,37,42H,6,15-16,23-29H2,1-5H3,(H,43,48)(H,44,47)/t34?,37-,42?,52?/m0/s1. The van der Waals surface area contributed by atoms with E-state index in [4.69, 9.17) is 9.26 Å². The van der Waals surface area contributed by atoms with Crippen molar-refractivity contribution in [2.45, 2.75) is 92.0 Å². The average molecular weight is 730 g/mol. The lowest BCUT2D eigenvalue weighted by Gasteiger charge is -2.30. The third kappa shape index (κ3) is 12.9. The first-order valence-electron chi connectivity index (χ1n) is 18.7. The summed E-state index contributed by atoms with van der Waals surface area (Å²) in [7, 11) is -1.24. The van der Waals surface area contributed by atoms with Crippen molar-refractivity contribution in [3.05, 3.63) is 102 Å². The monoisotopic (exact) mass is 729 g/mol.